The third-order valence-electron chi connectivity index (χ3n) is 2.14. The van der Waals surface area contributed by atoms with Crippen molar-refractivity contribution in [2.75, 3.05) is 33.3 Å². The van der Waals surface area contributed by atoms with Gasteiger partial charge in [0.15, 0.2) is 0 Å². The Morgan fingerprint density at radius 2 is 2.00 bits per heavy atom. The molecular formula is C10H22N2O2. The molecule has 0 radical (unpaired) electrons. The lowest BCUT2D eigenvalue weighted by Crippen LogP contribution is -2.39. The van der Waals surface area contributed by atoms with Crippen LogP contribution in [0.1, 0.15) is 20.8 Å². The van der Waals surface area contributed by atoms with E-state index in [1.807, 2.05) is 20.9 Å². The molecule has 0 saturated heterocycles. The van der Waals surface area contributed by atoms with E-state index in [1.165, 1.54) is 0 Å². The lowest BCUT2D eigenvalue weighted by Gasteiger charge is -2.22. The van der Waals surface area contributed by atoms with Crippen LogP contribution in [0.15, 0.2) is 0 Å². The zero-order chi connectivity index (χ0) is 11.0. The van der Waals surface area contributed by atoms with Gasteiger partial charge < -0.3 is 15.0 Å². The van der Waals surface area contributed by atoms with Gasteiger partial charge in [-0.2, -0.15) is 0 Å². The van der Waals surface area contributed by atoms with Crippen molar-refractivity contribution in [2.45, 2.75) is 26.9 Å². The van der Waals surface area contributed by atoms with Crippen LogP contribution >= 0.6 is 0 Å². The predicted molar refractivity (Wildman–Crippen MR) is 57.3 cm³/mol. The maximum Gasteiger partial charge on any atom is 0.251 e. The highest BCUT2D eigenvalue weighted by Gasteiger charge is 2.17. The predicted octanol–water partition coefficient (Wildman–Crippen LogP) is 0.479. The van der Waals surface area contributed by atoms with Crippen LogP contribution in [0.2, 0.25) is 0 Å². The van der Waals surface area contributed by atoms with E-state index < -0.39 is 0 Å². The Labute approximate surface area is 86.6 Å². The fraction of sp³-hybridized carbons (Fsp3) is 0.900. The molecule has 0 heterocycles. The van der Waals surface area contributed by atoms with E-state index in [0.29, 0.717) is 6.61 Å². The van der Waals surface area contributed by atoms with Crippen LogP contribution in [0, 0.1) is 0 Å². The summed E-state index contributed by atoms with van der Waals surface area (Å²) in [6.45, 7) is 8.59. The van der Waals surface area contributed by atoms with Gasteiger partial charge in [-0.3, -0.25) is 4.79 Å². The molecule has 0 spiro atoms. The van der Waals surface area contributed by atoms with E-state index in [0.717, 1.165) is 19.6 Å². The molecule has 0 rings (SSSR count). The van der Waals surface area contributed by atoms with E-state index in [1.54, 1.807) is 11.8 Å². The van der Waals surface area contributed by atoms with E-state index in [-0.39, 0.29) is 12.0 Å². The van der Waals surface area contributed by atoms with E-state index in [2.05, 4.69) is 5.32 Å². The Kier molecular flexibility index (Phi) is 7.42. The zero-order valence-corrected chi connectivity index (χ0v) is 9.67. The highest BCUT2D eigenvalue weighted by Crippen LogP contribution is 1.98. The third kappa shape index (κ3) is 4.58. The van der Waals surface area contributed by atoms with Crippen LogP contribution in [0.25, 0.3) is 0 Å². The molecule has 14 heavy (non-hydrogen) atoms. The molecule has 84 valence electrons. The second-order valence-electron chi connectivity index (χ2n) is 3.13. The monoisotopic (exact) mass is 202 g/mol. The summed E-state index contributed by atoms with van der Waals surface area (Å²) in [6, 6.07) is 0. The van der Waals surface area contributed by atoms with Crippen molar-refractivity contribution < 1.29 is 9.53 Å². The summed E-state index contributed by atoms with van der Waals surface area (Å²) in [5.41, 5.74) is 0. The first kappa shape index (κ1) is 13.4. The van der Waals surface area contributed by atoms with Crippen LogP contribution in [-0.4, -0.2) is 50.2 Å². The number of likely N-dealkylation sites (N-methyl/N-ethyl adjacent to an activating group) is 2. The molecule has 1 unspecified atom stereocenters. The molecule has 0 fully saturated rings. The zero-order valence-electron chi connectivity index (χ0n) is 9.67. The molecule has 0 aromatic rings. The van der Waals surface area contributed by atoms with Gasteiger partial charge in [0.1, 0.15) is 6.10 Å². The smallest absolute Gasteiger partial charge is 0.251 e. The molecule has 0 aliphatic carbocycles. The lowest BCUT2D eigenvalue weighted by molar-refractivity contribution is -0.142. The van der Waals surface area contributed by atoms with Crippen molar-refractivity contribution in [2.24, 2.45) is 0 Å². The van der Waals surface area contributed by atoms with Gasteiger partial charge in [-0.25, -0.2) is 0 Å². The van der Waals surface area contributed by atoms with Crippen molar-refractivity contribution in [1.29, 1.82) is 0 Å². The number of amides is 1. The van der Waals surface area contributed by atoms with Gasteiger partial charge in [0, 0.05) is 19.6 Å². The molecule has 0 aromatic carbocycles. The Bertz CT molecular complexity index is 158. The maximum atomic E-state index is 11.7. The first-order valence-electron chi connectivity index (χ1n) is 5.22. The number of carbonyl (C=O) groups is 1. The molecule has 4 nitrogen and oxygen atoms in total. The summed E-state index contributed by atoms with van der Waals surface area (Å²) >= 11 is 0. The van der Waals surface area contributed by atoms with Gasteiger partial charge >= 0.3 is 0 Å². The molecule has 0 bridgehead atoms. The minimum absolute atomic E-state index is 0.0751. The second kappa shape index (κ2) is 7.76. The highest BCUT2D eigenvalue weighted by atomic mass is 16.5. The average molecular weight is 202 g/mol. The second-order valence-corrected chi connectivity index (χ2v) is 3.13. The minimum atomic E-state index is -0.330. The van der Waals surface area contributed by atoms with Gasteiger partial charge in [0.05, 0.1) is 6.61 Å². The Morgan fingerprint density at radius 1 is 1.43 bits per heavy atom. The van der Waals surface area contributed by atoms with E-state index in [4.69, 9.17) is 4.74 Å². The fourth-order valence-corrected chi connectivity index (χ4v) is 1.20. The number of nitrogens with zero attached hydrogens (tertiary/aromatic N) is 1. The summed E-state index contributed by atoms with van der Waals surface area (Å²) < 4.78 is 5.38. The number of hydrogen-bond acceptors (Lipinski definition) is 3. The Balaban J connectivity index is 3.84. The largest absolute Gasteiger partial charge is 0.367 e. The van der Waals surface area contributed by atoms with Crippen LogP contribution in [0.3, 0.4) is 0 Å². The normalized spacial score (nSPS) is 12.6. The standard InChI is InChI=1S/C10H22N2O2/c1-5-12(6-2)10(13)9(3)14-8-7-11-4/h9,11H,5-8H2,1-4H3. The van der Waals surface area contributed by atoms with Crippen LogP contribution in [0.4, 0.5) is 0 Å². The summed E-state index contributed by atoms with van der Waals surface area (Å²) in [5.74, 6) is 0.0751. The molecule has 4 heteroatoms. The van der Waals surface area contributed by atoms with Crippen LogP contribution in [0.5, 0.6) is 0 Å². The fourth-order valence-electron chi connectivity index (χ4n) is 1.20. The number of rotatable bonds is 7. The van der Waals surface area contributed by atoms with E-state index >= 15 is 0 Å². The summed E-state index contributed by atoms with van der Waals surface area (Å²) in [4.78, 5) is 13.5. The molecule has 0 aliphatic rings. The minimum Gasteiger partial charge on any atom is -0.367 e. The van der Waals surface area contributed by atoms with Gasteiger partial charge in [-0.15, -0.1) is 0 Å². The Morgan fingerprint density at radius 3 is 2.43 bits per heavy atom. The first-order valence-corrected chi connectivity index (χ1v) is 5.22. The van der Waals surface area contributed by atoms with Crippen molar-refractivity contribution in [1.82, 2.24) is 10.2 Å². The van der Waals surface area contributed by atoms with Crippen molar-refractivity contribution in [3.05, 3.63) is 0 Å². The van der Waals surface area contributed by atoms with Gasteiger partial charge in [-0.1, -0.05) is 0 Å². The van der Waals surface area contributed by atoms with Crippen LogP contribution < -0.4 is 5.32 Å². The summed E-state index contributed by atoms with van der Waals surface area (Å²) in [6.07, 6.45) is -0.330. The maximum absolute atomic E-state index is 11.7. The summed E-state index contributed by atoms with van der Waals surface area (Å²) in [7, 11) is 1.86. The number of carbonyl (C=O) groups excluding carboxylic acids is 1. The lowest BCUT2D eigenvalue weighted by atomic mass is 10.3. The Hall–Kier alpha value is -0.610. The van der Waals surface area contributed by atoms with Gasteiger partial charge in [0.2, 0.25) is 0 Å². The molecular weight excluding hydrogens is 180 g/mol. The van der Waals surface area contributed by atoms with Gasteiger partial charge in [-0.05, 0) is 27.8 Å². The van der Waals surface area contributed by atoms with Crippen molar-refractivity contribution in [3.63, 3.8) is 0 Å². The highest BCUT2D eigenvalue weighted by molar-refractivity contribution is 5.80. The van der Waals surface area contributed by atoms with Gasteiger partial charge in [0.25, 0.3) is 5.91 Å². The molecule has 0 aromatic heterocycles. The summed E-state index contributed by atoms with van der Waals surface area (Å²) in [5, 5.41) is 2.97. The number of nitrogens with one attached hydrogen (secondary N) is 1. The molecule has 0 aliphatic heterocycles. The van der Waals surface area contributed by atoms with E-state index in [9.17, 15) is 4.79 Å². The first-order chi connectivity index (χ1) is 6.67. The number of hydrogen-bond donors (Lipinski definition) is 1. The van der Waals surface area contributed by atoms with Crippen molar-refractivity contribution in [3.8, 4) is 0 Å². The molecule has 1 atom stereocenters. The topological polar surface area (TPSA) is 41.6 Å². The third-order valence-corrected chi connectivity index (χ3v) is 2.14. The average Bonchev–Trinajstić information content (AvgIpc) is 2.19. The number of ether oxygens (including phenoxy) is 1. The van der Waals surface area contributed by atoms with Crippen LogP contribution in [-0.2, 0) is 9.53 Å². The van der Waals surface area contributed by atoms with Crippen molar-refractivity contribution >= 4 is 5.91 Å². The molecule has 1 amide bonds. The molecule has 1 N–H and O–H groups in total. The molecule has 0 saturated carbocycles. The SMILES string of the molecule is CCN(CC)C(=O)C(C)OCCNC. The quantitative estimate of drug-likeness (QED) is 0.611.